The molecule has 0 aliphatic heterocycles. The minimum atomic E-state index is 0.437. The molecule has 0 bridgehead atoms. The Kier molecular flexibility index (Phi) is 3.01. The molecule has 4 nitrogen and oxygen atoms in total. The number of rotatable bonds is 3. The first-order valence-corrected chi connectivity index (χ1v) is 6.45. The molecule has 19 heavy (non-hydrogen) atoms. The molecule has 2 aromatic heterocycles. The number of imidazole rings is 1. The van der Waals surface area contributed by atoms with Crippen molar-refractivity contribution in [1.82, 2.24) is 14.6 Å². The third kappa shape index (κ3) is 2.11. The third-order valence-electron chi connectivity index (χ3n) is 3.30. The third-order valence-corrected chi connectivity index (χ3v) is 3.30. The van der Waals surface area contributed by atoms with Crippen molar-refractivity contribution in [3.8, 4) is 11.3 Å². The molecule has 0 aliphatic carbocycles. The van der Waals surface area contributed by atoms with Crippen LogP contribution in [0.25, 0.3) is 16.9 Å². The molecule has 0 atom stereocenters. The van der Waals surface area contributed by atoms with Gasteiger partial charge in [0.05, 0.1) is 17.6 Å². The van der Waals surface area contributed by atoms with Crippen molar-refractivity contribution < 1.29 is 0 Å². The molecule has 0 saturated heterocycles. The van der Waals surface area contributed by atoms with E-state index in [0.717, 1.165) is 29.0 Å². The first-order chi connectivity index (χ1) is 9.31. The molecule has 4 heteroatoms. The van der Waals surface area contributed by atoms with Crippen LogP contribution < -0.4 is 5.73 Å². The predicted octanol–water partition coefficient (Wildman–Crippen LogP) is 2.42. The molecule has 2 N–H and O–H groups in total. The van der Waals surface area contributed by atoms with Gasteiger partial charge in [0.25, 0.3) is 0 Å². The Morgan fingerprint density at radius 2 is 1.89 bits per heavy atom. The van der Waals surface area contributed by atoms with E-state index in [-0.39, 0.29) is 0 Å². The summed E-state index contributed by atoms with van der Waals surface area (Å²) < 4.78 is 1.81. The average Bonchev–Trinajstić information content (AvgIpc) is 2.89. The van der Waals surface area contributed by atoms with Gasteiger partial charge in [0.2, 0.25) is 0 Å². The summed E-state index contributed by atoms with van der Waals surface area (Å²) in [5.41, 5.74) is 10.8. The van der Waals surface area contributed by atoms with Crippen LogP contribution in [0, 0.1) is 0 Å². The highest BCUT2D eigenvalue weighted by Gasteiger charge is 2.05. The van der Waals surface area contributed by atoms with Crippen molar-refractivity contribution in [2.75, 3.05) is 0 Å². The van der Waals surface area contributed by atoms with E-state index in [4.69, 9.17) is 5.73 Å². The first kappa shape index (κ1) is 11.9. The highest BCUT2D eigenvalue weighted by atomic mass is 15.3. The van der Waals surface area contributed by atoms with Crippen LogP contribution >= 0.6 is 0 Å². The zero-order valence-corrected chi connectivity index (χ0v) is 10.9. The van der Waals surface area contributed by atoms with Gasteiger partial charge in [-0.15, -0.1) is 0 Å². The number of nitrogens with zero attached hydrogens (tertiary/aromatic N) is 3. The van der Waals surface area contributed by atoms with E-state index in [1.165, 1.54) is 5.56 Å². The van der Waals surface area contributed by atoms with Gasteiger partial charge in [-0.05, 0) is 24.1 Å². The molecule has 0 amide bonds. The van der Waals surface area contributed by atoms with Gasteiger partial charge in [-0.25, -0.2) is 9.50 Å². The van der Waals surface area contributed by atoms with Gasteiger partial charge >= 0.3 is 0 Å². The number of hydrogen-bond donors (Lipinski definition) is 1. The number of hydrogen-bond acceptors (Lipinski definition) is 3. The summed E-state index contributed by atoms with van der Waals surface area (Å²) >= 11 is 0. The average molecular weight is 252 g/mol. The zero-order chi connectivity index (χ0) is 13.2. The Labute approximate surface area is 111 Å². The molecule has 0 unspecified atom stereocenters. The second-order valence-corrected chi connectivity index (χ2v) is 4.49. The number of benzene rings is 1. The summed E-state index contributed by atoms with van der Waals surface area (Å²) in [6.07, 6.45) is 2.82. The minimum absolute atomic E-state index is 0.437. The number of nitrogens with two attached hydrogens (primary N) is 1. The summed E-state index contributed by atoms with van der Waals surface area (Å²) in [5, 5.41) is 4.61. The smallest absolute Gasteiger partial charge is 0.153 e. The normalized spacial score (nSPS) is 11.1. The minimum Gasteiger partial charge on any atom is -0.325 e. The van der Waals surface area contributed by atoms with Gasteiger partial charge in [-0.1, -0.05) is 31.2 Å². The highest BCUT2D eigenvalue weighted by Crippen LogP contribution is 2.18. The van der Waals surface area contributed by atoms with Crippen LogP contribution in [0.1, 0.15) is 18.2 Å². The summed E-state index contributed by atoms with van der Waals surface area (Å²) in [6, 6.07) is 12.4. The molecule has 1 aromatic carbocycles. The number of aromatic nitrogens is 3. The Morgan fingerprint density at radius 3 is 2.58 bits per heavy atom. The van der Waals surface area contributed by atoms with Gasteiger partial charge < -0.3 is 5.73 Å². The van der Waals surface area contributed by atoms with E-state index in [0.29, 0.717) is 6.54 Å². The summed E-state index contributed by atoms with van der Waals surface area (Å²) in [5.74, 6) is 0. The van der Waals surface area contributed by atoms with E-state index < -0.39 is 0 Å². The lowest BCUT2D eigenvalue weighted by molar-refractivity contribution is 0.850. The lowest BCUT2D eigenvalue weighted by Gasteiger charge is -2.04. The standard InChI is InChI=1S/C15H16N4/c1-2-11-3-5-12(6-4-11)14-7-8-15-17-10-13(9-16)19(15)18-14/h3-8,10H,2,9,16H2,1H3. The molecule has 0 saturated carbocycles. The maximum atomic E-state index is 5.69. The maximum absolute atomic E-state index is 5.69. The Balaban J connectivity index is 2.08. The predicted molar refractivity (Wildman–Crippen MR) is 75.7 cm³/mol. The lowest BCUT2D eigenvalue weighted by Crippen LogP contribution is -2.04. The van der Waals surface area contributed by atoms with E-state index in [9.17, 15) is 0 Å². The molecule has 3 aromatic rings. The van der Waals surface area contributed by atoms with E-state index in [2.05, 4.69) is 41.3 Å². The van der Waals surface area contributed by atoms with Crippen molar-refractivity contribution in [1.29, 1.82) is 0 Å². The molecule has 96 valence electrons. The Bertz CT molecular complexity index is 698. The van der Waals surface area contributed by atoms with E-state index in [1.807, 2.05) is 16.6 Å². The molecular formula is C15H16N4. The topological polar surface area (TPSA) is 56.2 Å². The largest absolute Gasteiger partial charge is 0.325 e. The first-order valence-electron chi connectivity index (χ1n) is 6.45. The fourth-order valence-corrected chi connectivity index (χ4v) is 2.13. The number of fused-ring (bicyclic) bond motifs is 1. The van der Waals surface area contributed by atoms with Gasteiger partial charge in [0.1, 0.15) is 0 Å². The SMILES string of the molecule is CCc1ccc(-c2ccc3ncc(CN)n3n2)cc1. The summed E-state index contributed by atoms with van der Waals surface area (Å²) in [7, 11) is 0. The summed E-state index contributed by atoms with van der Waals surface area (Å²) in [6.45, 7) is 2.59. The van der Waals surface area contributed by atoms with Crippen LogP contribution in [0.3, 0.4) is 0 Å². The van der Waals surface area contributed by atoms with Gasteiger partial charge in [0, 0.05) is 12.1 Å². The van der Waals surface area contributed by atoms with Crippen LogP contribution in [0.5, 0.6) is 0 Å². The Morgan fingerprint density at radius 1 is 1.11 bits per heavy atom. The molecule has 0 spiro atoms. The van der Waals surface area contributed by atoms with Crippen LogP contribution in [0.4, 0.5) is 0 Å². The zero-order valence-electron chi connectivity index (χ0n) is 10.9. The van der Waals surface area contributed by atoms with Gasteiger partial charge in [-0.2, -0.15) is 5.10 Å². The second kappa shape index (κ2) is 4.82. The molecule has 2 heterocycles. The van der Waals surface area contributed by atoms with Crippen LogP contribution in [-0.2, 0) is 13.0 Å². The van der Waals surface area contributed by atoms with Crippen LogP contribution in [0.2, 0.25) is 0 Å². The molecule has 0 aliphatic rings. The molecule has 0 fully saturated rings. The highest BCUT2D eigenvalue weighted by molar-refractivity contribution is 5.60. The fraction of sp³-hybridized carbons (Fsp3) is 0.200. The van der Waals surface area contributed by atoms with Crippen LogP contribution in [-0.4, -0.2) is 14.6 Å². The molecule has 0 radical (unpaired) electrons. The van der Waals surface area contributed by atoms with E-state index >= 15 is 0 Å². The fourth-order valence-electron chi connectivity index (χ4n) is 2.13. The van der Waals surface area contributed by atoms with Gasteiger partial charge in [-0.3, -0.25) is 0 Å². The van der Waals surface area contributed by atoms with Gasteiger partial charge in [0.15, 0.2) is 5.65 Å². The van der Waals surface area contributed by atoms with Crippen LogP contribution in [0.15, 0.2) is 42.6 Å². The van der Waals surface area contributed by atoms with Crippen molar-refractivity contribution in [2.24, 2.45) is 5.73 Å². The lowest BCUT2D eigenvalue weighted by atomic mass is 10.1. The number of aryl methyl sites for hydroxylation is 1. The summed E-state index contributed by atoms with van der Waals surface area (Å²) in [4.78, 5) is 4.27. The van der Waals surface area contributed by atoms with Crippen molar-refractivity contribution in [3.63, 3.8) is 0 Å². The second-order valence-electron chi connectivity index (χ2n) is 4.49. The van der Waals surface area contributed by atoms with E-state index in [1.54, 1.807) is 6.20 Å². The quantitative estimate of drug-likeness (QED) is 0.778. The molecule has 3 rings (SSSR count). The van der Waals surface area contributed by atoms with Crippen molar-refractivity contribution in [2.45, 2.75) is 19.9 Å². The monoisotopic (exact) mass is 252 g/mol. The van der Waals surface area contributed by atoms with Crippen molar-refractivity contribution >= 4 is 5.65 Å². The Hall–Kier alpha value is -2.20. The maximum Gasteiger partial charge on any atom is 0.153 e. The van der Waals surface area contributed by atoms with Crippen molar-refractivity contribution in [3.05, 3.63) is 53.9 Å². The molecular weight excluding hydrogens is 236 g/mol.